The third-order valence-corrected chi connectivity index (χ3v) is 6.75. The molecule has 32 heavy (non-hydrogen) atoms. The number of likely N-dealkylation sites (tertiary alicyclic amines) is 1. The molecule has 2 amide bonds. The number of benzene rings is 1. The highest BCUT2D eigenvalue weighted by atomic mass is 19.1. The molecule has 2 aliphatic heterocycles. The summed E-state index contributed by atoms with van der Waals surface area (Å²) >= 11 is 0. The van der Waals surface area contributed by atoms with Gasteiger partial charge in [-0.25, -0.2) is 9.78 Å². The van der Waals surface area contributed by atoms with Gasteiger partial charge in [-0.15, -0.1) is 0 Å². The molecule has 0 unspecified atom stereocenters. The van der Waals surface area contributed by atoms with Crippen molar-refractivity contribution in [3.63, 3.8) is 0 Å². The molecule has 2 fully saturated rings. The van der Waals surface area contributed by atoms with Gasteiger partial charge in [-0.3, -0.25) is 4.90 Å². The van der Waals surface area contributed by atoms with E-state index in [0.29, 0.717) is 25.6 Å². The second-order valence-corrected chi connectivity index (χ2v) is 9.05. The Labute approximate surface area is 190 Å². The van der Waals surface area contributed by atoms with E-state index in [1.165, 1.54) is 30.7 Å². The number of urea groups is 1. The van der Waals surface area contributed by atoms with Gasteiger partial charge in [-0.1, -0.05) is 30.3 Å². The van der Waals surface area contributed by atoms with Gasteiger partial charge in [0.25, 0.3) is 0 Å². The lowest BCUT2D eigenvalue weighted by atomic mass is 9.93. The monoisotopic (exact) mass is 439 g/mol. The van der Waals surface area contributed by atoms with E-state index < -0.39 is 5.95 Å². The highest BCUT2D eigenvalue weighted by Gasteiger charge is 2.28. The van der Waals surface area contributed by atoms with Crippen LogP contribution in [0, 0.1) is 11.9 Å². The number of halogens is 1. The van der Waals surface area contributed by atoms with Crippen molar-refractivity contribution in [1.29, 1.82) is 0 Å². The minimum absolute atomic E-state index is 0.0135. The van der Waals surface area contributed by atoms with E-state index in [9.17, 15) is 9.18 Å². The number of piperazine rings is 1. The van der Waals surface area contributed by atoms with Crippen LogP contribution in [-0.4, -0.2) is 66.1 Å². The molecule has 0 spiro atoms. The Bertz CT molecular complexity index is 872. The number of anilines is 1. The van der Waals surface area contributed by atoms with Crippen molar-refractivity contribution >= 4 is 11.7 Å². The number of aromatic nitrogens is 1. The van der Waals surface area contributed by atoms with Gasteiger partial charge in [-0.05, 0) is 56.8 Å². The molecule has 4 rings (SSSR count). The molecule has 0 saturated carbocycles. The Hall–Kier alpha value is -2.67. The SMILES string of the molecule is C[C@@H]1CN(c2ccnc(F)c2)CCN1C(=O)NCCC1CCN(Cc2ccccc2)CC1. The lowest BCUT2D eigenvalue weighted by molar-refractivity contribution is 0.162. The number of hydrogen-bond donors (Lipinski definition) is 1. The van der Waals surface area contributed by atoms with Gasteiger partial charge in [0, 0.05) is 56.7 Å². The van der Waals surface area contributed by atoms with Gasteiger partial charge < -0.3 is 15.1 Å². The second-order valence-electron chi connectivity index (χ2n) is 9.05. The first-order valence-electron chi connectivity index (χ1n) is 11.8. The van der Waals surface area contributed by atoms with Gasteiger partial charge in [0.1, 0.15) is 0 Å². The average molecular weight is 440 g/mol. The molecule has 1 aromatic heterocycles. The van der Waals surface area contributed by atoms with E-state index in [4.69, 9.17) is 0 Å². The molecule has 0 aliphatic carbocycles. The first kappa shape index (κ1) is 22.5. The van der Waals surface area contributed by atoms with E-state index in [-0.39, 0.29) is 12.1 Å². The normalized spacial score (nSPS) is 20.4. The topological polar surface area (TPSA) is 51.7 Å². The number of piperidine rings is 1. The Morgan fingerprint density at radius 1 is 1.12 bits per heavy atom. The average Bonchev–Trinajstić information content (AvgIpc) is 2.81. The predicted molar refractivity (Wildman–Crippen MR) is 125 cm³/mol. The largest absolute Gasteiger partial charge is 0.368 e. The van der Waals surface area contributed by atoms with Crippen LogP contribution in [0.4, 0.5) is 14.9 Å². The number of nitrogens with zero attached hydrogens (tertiary/aromatic N) is 4. The fourth-order valence-corrected chi connectivity index (χ4v) is 4.84. The van der Waals surface area contributed by atoms with Crippen LogP contribution in [0.25, 0.3) is 0 Å². The summed E-state index contributed by atoms with van der Waals surface area (Å²) < 4.78 is 13.4. The highest BCUT2D eigenvalue weighted by molar-refractivity contribution is 5.75. The minimum atomic E-state index is -0.471. The summed E-state index contributed by atoms with van der Waals surface area (Å²) in [6, 6.07) is 14.0. The molecule has 2 aliphatic rings. The smallest absolute Gasteiger partial charge is 0.317 e. The van der Waals surface area contributed by atoms with Gasteiger partial charge in [0.15, 0.2) is 0 Å². The van der Waals surface area contributed by atoms with Crippen LogP contribution in [0.3, 0.4) is 0 Å². The van der Waals surface area contributed by atoms with Crippen LogP contribution in [0.1, 0.15) is 31.7 Å². The van der Waals surface area contributed by atoms with Gasteiger partial charge in [0.2, 0.25) is 5.95 Å². The summed E-state index contributed by atoms with van der Waals surface area (Å²) in [6.07, 6.45) is 4.91. The van der Waals surface area contributed by atoms with Gasteiger partial charge in [-0.2, -0.15) is 4.39 Å². The molecule has 6 nitrogen and oxygen atoms in total. The van der Waals surface area contributed by atoms with Crippen molar-refractivity contribution in [2.24, 2.45) is 5.92 Å². The minimum Gasteiger partial charge on any atom is -0.368 e. The summed E-state index contributed by atoms with van der Waals surface area (Å²) in [6.45, 7) is 8.08. The van der Waals surface area contributed by atoms with Crippen LogP contribution in [-0.2, 0) is 6.54 Å². The molecule has 172 valence electrons. The van der Waals surface area contributed by atoms with Crippen LogP contribution >= 0.6 is 0 Å². The van der Waals surface area contributed by atoms with Crippen molar-refractivity contribution in [3.8, 4) is 0 Å². The fraction of sp³-hybridized carbons (Fsp3) is 0.520. The molecule has 1 aromatic carbocycles. The van der Waals surface area contributed by atoms with Gasteiger partial charge in [0.05, 0.1) is 0 Å². The summed E-state index contributed by atoms with van der Waals surface area (Å²) in [4.78, 5) is 22.9. The third kappa shape index (κ3) is 5.97. The van der Waals surface area contributed by atoms with E-state index in [1.54, 1.807) is 0 Å². The van der Waals surface area contributed by atoms with E-state index in [0.717, 1.165) is 38.3 Å². The number of nitrogens with one attached hydrogen (secondary N) is 1. The van der Waals surface area contributed by atoms with Crippen LogP contribution in [0.2, 0.25) is 0 Å². The number of carbonyl (C=O) groups is 1. The maximum absolute atomic E-state index is 13.4. The molecule has 2 saturated heterocycles. The summed E-state index contributed by atoms with van der Waals surface area (Å²) in [7, 11) is 0. The van der Waals surface area contributed by atoms with Crippen LogP contribution in [0.5, 0.6) is 0 Å². The van der Waals surface area contributed by atoms with E-state index in [1.807, 2.05) is 17.9 Å². The van der Waals surface area contributed by atoms with Crippen molar-refractivity contribution in [3.05, 3.63) is 60.2 Å². The molecule has 1 atom stereocenters. The zero-order valence-corrected chi connectivity index (χ0v) is 18.9. The van der Waals surface area contributed by atoms with E-state index in [2.05, 4.69) is 50.4 Å². The van der Waals surface area contributed by atoms with Gasteiger partial charge >= 0.3 is 6.03 Å². The Morgan fingerprint density at radius 2 is 1.91 bits per heavy atom. The number of hydrogen-bond acceptors (Lipinski definition) is 4. The number of pyridine rings is 1. The third-order valence-electron chi connectivity index (χ3n) is 6.75. The predicted octanol–water partition coefficient (Wildman–Crippen LogP) is 3.74. The van der Waals surface area contributed by atoms with Crippen LogP contribution < -0.4 is 10.2 Å². The summed E-state index contributed by atoms with van der Waals surface area (Å²) in [5.41, 5.74) is 2.20. The standard InChI is InChI=1S/C25H34FN5O/c1-20-18-30(23-8-12-27-24(26)17-23)15-16-31(20)25(32)28-11-7-21-9-13-29(14-10-21)19-22-5-3-2-4-6-22/h2-6,8,12,17,20-21H,7,9-11,13-16,18-19H2,1H3,(H,28,32)/t20-/m1/s1. The highest BCUT2D eigenvalue weighted by Crippen LogP contribution is 2.22. The lowest BCUT2D eigenvalue weighted by Gasteiger charge is -2.41. The molecule has 0 radical (unpaired) electrons. The first-order valence-corrected chi connectivity index (χ1v) is 11.8. The molecule has 7 heteroatoms. The van der Waals surface area contributed by atoms with Crippen molar-refractivity contribution < 1.29 is 9.18 Å². The Balaban J connectivity index is 1.15. The molecular formula is C25H34FN5O. The first-order chi connectivity index (χ1) is 15.6. The van der Waals surface area contributed by atoms with E-state index >= 15 is 0 Å². The zero-order chi connectivity index (χ0) is 22.3. The summed E-state index contributed by atoms with van der Waals surface area (Å²) in [5, 5.41) is 3.13. The quantitative estimate of drug-likeness (QED) is 0.697. The molecule has 0 bridgehead atoms. The number of amides is 2. The fourth-order valence-electron chi connectivity index (χ4n) is 4.84. The Morgan fingerprint density at radius 3 is 2.62 bits per heavy atom. The molecule has 1 N–H and O–H groups in total. The number of rotatable bonds is 6. The van der Waals surface area contributed by atoms with Crippen molar-refractivity contribution in [1.82, 2.24) is 20.1 Å². The Kier molecular flexibility index (Phi) is 7.58. The maximum atomic E-state index is 13.4. The second kappa shape index (κ2) is 10.8. The van der Waals surface area contributed by atoms with Crippen molar-refractivity contribution in [2.45, 2.75) is 38.8 Å². The molecule has 3 heterocycles. The molecular weight excluding hydrogens is 405 g/mol. The summed E-state index contributed by atoms with van der Waals surface area (Å²) in [5.74, 6) is 0.208. The number of carbonyl (C=O) groups excluding carboxylic acids is 1. The lowest BCUT2D eigenvalue weighted by Crippen LogP contribution is -2.56. The van der Waals surface area contributed by atoms with Crippen LogP contribution in [0.15, 0.2) is 48.7 Å². The van der Waals surface area contributed by atoms with Crippen molar-refractivity contribution in [2.75, 3.05) is 44.2 Å². The zero-order valence-electron chi connectivity index (χ0n) is 18.9. The maximum Gasteiger partial charge on any atom is 0.317 e. The molecule has 2 aromatic rings.